The number of hydrogen-bond acceptors (Lipinski definition) is 10. The van der Waals surface area contributed by atoms with E-state index in [1.807, 2.05) is 99.6 Å². The van der Waals surface area contributed by atoms with Crippen molar-refractivity contribution in [2.24, 2.45) is 22.7 Å². The number of aliphatic hydroxyl groups excluding tert-OH is 1. The van der Waals surface area contributed by atoms with Crippen LogP contribution >= 0.6 is 11.3 Å². The quantitative estimate of drug-likeness (QED) is 0.0606. The predicted molar refractivity (Wildman–Crippen MR) is 267 cm³/mol. The predicted octanol–water partition coefficient (Wildman–Crippen LogP) is 7.03. The van der Waals surface area contributed by atoms with Crippen LogP contribution in [0.2, 0.25) is 0 Å². The van der Waals surface area contributed by atoms with Gasteiger partial charge >= 0.3 is 0 Å². The number of carbonyl (C=O) groups is 5. The highest BCUT2D eigenvalue weighted by atomic mass is 32.1. The molecule has 1 saturated carbocycles. The van der Waals surface area contributed by atoms with Crippen LogP contribution in [-0.2, 0) is 32.0 Å². The van der Waals surface area contributed by atoms with Crippen LogP contribution in [0.15, 0.2) is 72.5 Å². The topological polar surface area (TPSA) is 208 Å². The Hall–Kier alpha value is -6.34. The Morgan fingerprint density at radius 3 is 2.38 bits per heavy atom. The van der Waals surface area contributed by atoms with Gasteiger partial charge in [0.25, 0.3) is 11.8 Å². The molecule has 7 atom stereocenters. The van der Waals surface area contributed by atoms with Crippen molar-refractivity contribution in [3.8, 4) is 10.4 Å². The molecule has 0 bridgehead atoms. The minimum absolute atomic E-state index is 0.0154. The molecule has 16 nitrogen and oxygen atoms in total. The van der Waals surface area contributed by atoms with Crippen molar-refractivity contribution in [3.63, 3.8) is 0 Å². The lowest BCUT2D eigenvalue weighted by Gasteiger charge is -2.43. The lowest BCUT2D eigenvalue weighted by Crippen LogP contribution is -2.57. The highest BCUT2D eigenvalue weighted by Crippen LogP contribution is 2.70. The molecular formula is C53H64F2N10O6S. The molecule has 5 heterocycles. The Balaban J connectivity index is 0.728. The zero-order chi connectivity index (χ0) is 51.3. The lowest BCUT2D eigenvalue weighted by atomic mass is 9.85. The minimum atomic E-state index is -2.77. The Kier molecular flexibility index (Phi) is 14.0. The van der Waals surface area contributed by atoms with Gasteiger partial charge in [0.2, 0.25) is 23.6 Å². The van der Waals surface area contributed by atoms with Gasteiger partial charge in [-0.3, -0.25) is 33.8 Å². The third-order valence-corrected chi connectivity index (χ3v) is 16.3. The zero-order valence-corrected chi connectivity index (χ0v) is 42.4. The molecule has 4 aliphatic rings. The number of aromatic nitrogens is 5. The van der Waals surface area contributed by atoms with Gasteiger partial charge in [-0.05, 0) is 55.2 Å². The summed E-state index contributed by atoms with van der Waals surface area (Å²) in [5.41, 5.74) is 5.55. The van der Waals surface area contributed by atoms with E-state index in [-0.39, 0.29) is 73.6 Å². The molecule has 9 rings (SSSR count). The van der Waals surface area contributed by atoms with E-state index in [0.29, 0.717) is 55.7 Å². The number of aromatic amines is 1. The smallest absolute Gasteiger partial charge is 0.276 e. The number of carbonyl (C=O) groups excluding carboxylic acids is 5. The van der Waals surface area contributed by atoms with E-state index in [2.05, 4.69) is 36.2 Å². The fourth-order valence-corrected chi connectivity index (χ4v) is 11.7. The largest absolute Gasteiger partial charge is 0.391 e. The second kappa shape index (κ2) is 19.9. The zero-order valence-electron chi connectivity index (χ0n) is 41.6. The number of H-pyrrole nitrogens is 1. The summed E-state index contributed by atoms with van der Waals surface area (Å²) in [6, 6.07) is 15.3. The first kappa shape index (κ1) is 50.6. The Morgan fingerprint density at radius 2 is 1.68 bits per heavy atom. The van der Waals surface area contributed by atoms with Gasteiger partial charge in [0.15, 0.2) is 5.69 Å². The second-order valence-corrected chi connectivity index (χ2v) is 22.4. The van der Waals surface area contributed by atoms with Crippen molar-refractivity contribution in [1.82, 2.24) is 45.4 Å². The first-order valence-electron chi connectivity index (χ1n) is 24.9. The first-order chi connectivity index (χ1) is 34.2. The number of thiazole rings is 1. The molecule has 0 radical (unpaired) electrons. The molecule has 3 fully saturated rings. The average molecular weight is 1010 g/mol. The molecule has 72 heavy (non-hydrogen) atoms. The Morgan fingerprint density at radius 1 is 0.958 bits per heavy atom. The SMILES string of the molecule is Cc1ncsc1-c1ccc([C@H](C)NC(=O)[C@@H]2C[C@@H](O)CN2C(=O)C(NC(=O)CCCCCC(=O)N2CC([C@@H](c3ccccc3)n3cc(NC(=O)c4n[nH]c5c4C[C@@H]4C(F)(F)[C@]4(C)C5)cn3)C2)C(C)(C)C)cc1. The van der Waals surface area contributed by atoms with Crippen LogP contribution in [0, 0.1) is 29.6 Å². The molecule has 382 valence electrons. The van der Waals surface area contributed by atoms with Gasteiger partial charge in [-0.25, -0.2) is 13.8 Å². The third kappa shape index (κ3) is 10.1. The number of rotatable bonds is 17. The maximum atomic E-state index is 14.5. The summed E-state index contributed by atoms with van der Waals surface area (Å²) in [4.78, 5) is 76.7. The summed E-state index contributed by atoms with van der Waals surface area (Å²) in [6.07, 6.45) is 4.90. The molecule has 19 heteroatoms. The number of β-amino-alcohol motifs (C(OH)–C–C–N with tert-alkyl or cyclic N) is 1. The number of fused-ring (bicyclic) bond motifs is 2. The molecule has 5 aromatic rings. The lowest BCUT2D eigenvalue weighted by molar-refractivity contribution is -0.144. The van der Waals surface area contributed by atoms with E-state index in [1.54, 1.807) is 35.3 Å². The molecule has 2 saturated heterocycles. The van der Waals surface area contributed by atoms with Crippen LogP contribution in [-0.4, -0.2) is 113 Å². The molecule has 2 aromatic carbocycles. The van der Waals surface area contributed by atoms with Gasteiger partial charge in [-0.2, -0.15) is 10.2 Å². The number of alkyl halides is 2. The highest BCUT2D eigenvalue weighted by Gasteiger charge is 2.78. The number of anilines is 1. The summed E-state index contributed by atoms with van der Waals surface area (Å²) >= 11 is 1.57. The fraction of sp³-hybridized carbons (Fsp3) is 0.509. The number of nitrogens with zero attached hydrogens (tertiary/aromatic N) is 6. The van der Waals surface area contributed by atoms with Crippen LogP contribution in [0.5, 0.6) is 0 Å². The summed E-state index contributed by atoms with van der Waals surface area (Å²) in [6.45, 7) is 12.0. The Labute approximate surface area is 421 Å². The van der Waals surface area contributed by atoms with Crippen LogP contribution in [0.25, 0.3) is 10.4 Å². The third-order valence-electron chi connectivity index (χ3n) is 15.4. The maximum Gasteiger partial charge on any atom is 0.276 e. The number of aryl methyl sites for hydroxylation is 1. The molecule has 1 unspecified atom stereocenters. The molecule has 3 aromatic heterocycles. The van der Waals surface area contributed by atoms with Crippen molar-refractivity contribution >= 4 is 46.6 Å². The number of likely N-dealkylation sites (tertiary alicyclic amines) is 2. The summed E-state index contributed by atoms with van der Waals surface area (Å²) in [5.74, 6) is -5.13. The van der Waals surface area contributed by atoms with E-state index in [4.69, 9.17) is 0 Å². The molecule has 5 amide bonds. The second-order valence-electron chi connectivity index (χ2n) is 21.5. The standard InChI is InChI=1S/C53H64F2N10O6S/c1-30(32-17-19-34(20-18-32)46-31(2)56-29-72-46)58-48(69)40-21-37(66)28-64(40)50(71)47(51(3,4)5)60-42(67)15-11-8-12-16-43(68)63-25-35(26-63)45(33-13-9-7-10-14-33)65-27-36(24-57-65)59-49(70)44-38-22-41-52(6,53(41,54)55)23-39(38)61-62-44/h7,9-10,13-14,17-20,24,27,29-30,35,37,40-41,45,47,66H,8,11-12,15-16,21-23,25-26,28H2,1-6H3,(H,58,69)(H,59,70)(H,60,67)(H,61,62)/t30-,37+,40-,41-,45+,47?,52+/m0/s1. The molecule has 0 spiro atoms. The van der Waals surface area contributed by atoms with Crippen LogP contribution in [0.3, 0.4) is 0 Å². The van der Waals surface area contributed by atoms with Crippen molar-refractivity contribution in [2.75, 3.05) is 25.0 Å². The van der Waals surface area contributed by atoms with Gasteiger partial charge in [0, 0.05) is 80.0 Å². The summed E-state index contributed by atoms with van der Waals surface area (Å²) in [5, 5.41) is 31.1. The molecular weight excluding hydrogens is 943 g/mol. The van der Waals surface area contributed by atoms with E-state index in [0.717, 1.165) is 27.3 Å². The number of aliphatic hydroxyl groups is 1. The van der Waals surface area contributed by atoms with Crippen LogP contribution < -0.4 is 16.0 Å². The number of halogens is 2. The maximum absolute atomic E-state index is 14.5. The Bertz CT molecular complexity index is 2820. The van der Waals surface area contributed by atoms with E-state index in [9.17, 15) is 37.9 Å². The molecule has 2 aliphatic heterocycles. The van der Waals surface area contributed by atoms with Crippen LogP contribution in [0.1, 0.15) is 124 Å². The van der Waals surface area contributed by atoms with E-state index in [1.165, 1.54) is 4.90 Å². The van der Waals surface area contributed by atoms with Crippen molar-refractivity contribution < 1.29 is 37.9 Å². The van der Waals surface area contributed by atoms with Gasteiger partial charge in [-0.1, -0.05) is 88.7 Å². The monoisotopic (exact) mass is 1010 g/mol. The van der Waals surface area contributed by atoms with E-state index >= 15 is 0 Å². The molecule has 5 N–H and O–H groups in total. The van der Waals surface area contributed by atoms with Crippen molar-refractivity contribution in [1.29, 1.82) is 0 Å². The average Bonchev–Trinajstić information content (AvgIpc) is 4.05. The van der Waals surface area contributed by atoms with Gasteiger partial charge in [0.1, 0.15) is 12.1 Å². The number of amides is 5. The van der Waals surface area contributed by atoms with E-state index < -0.39 is 52.7 Å². The van der Waals surface area contributed by atoms with Crippen molar-refractivity contribution in [3.05, 3.63) is 106 Å². The highest BCUT2D eigenvalue weighted by molar-refractivity contribution is 7.13. The fourth-order valence-electron chi connectivity index (χ4n) is 10.9. The summed E-state index contributed by atoms with van der Waals surface area (Å²) < 4.78 is 30.8. The summed E-state index contributed by atoms with van der Waals surface area (Å²) in [7, 11) is 0. The number of nitrogens with one attached hydrogen (secondary N) is 4. The van der Waals surface area contributed by atoms with Crippen molar-refractivity contribution in [2.45, 2.75) is 129 Å². The van der Waals surface area contributed by atoms with Gasteiger partial charge < -0.3 is 30.9 Å². The number of unbranched alkanes of at least 4 members (excludes halogenated alkanes) is 2. The van der Waals surface area contributed by atoms with Gasteiger partial charge in [0.05, 0.1) is 46.2 Å². The number of benzene rings is 2. The molecule has 2 aliphatic carbocycles. The first-order valence-corrected chi connectivity index (χ1v) is 25.8. The van der Waals surface area contributed by atoms with Crippen LogP contribution in [0.4, 0.5) is 14.5 Å². The minimum Gasteiger partial charge on any atom is -0.391 e. The van der Waals surface area contributed by atoms with Gasteiger partial charge in [-0.15, -0.1) is 11.3 Å². The number of hydrogen-bond donors (Lipinski definition) is 5. The normalized spacial score (nSPS) is 22.5.